The van der Waals surface area contributed by atoms with E-state index >= 15 is 0 Å². The summed E-state index contributed by atoms with van der Waals surface area (Å²) >= 11 is 12.0. The second-order valence-electron chi connectivity index (χ2n) is 6.71. The van der Waals surface area contributed by atoms with Crippen molar-refractivity contribution in [3.63, 3.8) is 0 Å². The Morgan fingerprint density at radius 1 is 1.25 bits per heavy atom. The van der Waals surface area contributed by atoms with Crippen LogP contribution in [0, 0.1) is 5.41 Å². The molecule has 1 N–H and O–H groups in total. The molecule has 0 saturated heterocycles. The summed E-state index contributed by atoms with van der Waals surface area (Å²) in [6.45, 7) is 5.36. The molecule has 112 valence electrons. The number of phenols is 1. The van der Waals surface area contributed by atoms with Crippen molar-refractivity contribution in [3.8, 4) is 5.75 Å². The van der Waals surface area contributed by atoms with Crippen molar-refractivity contribution in [2.45, 2.75) is 52.1 Å². The van der Waals surface area contributed by atoms with Gasteiger partial charge in [0.1, 0.15) is 5.75 Å². The molecule has 2 rings (SSSR count). The molecule has 0 atom stereocenters. The third-order valence-corrected chi connectivity index (χ3v) is 4.97. The third-order valence-electron chi connectivity index (χ3n) is 4.46. The van der Waals surface area contributed by atoms with Crippen LogP contribution in [0.1, 0.15) is 45.1 Å². The van der Waals surface area contributed by atoms with Crippen LogP contribution >= 0.6 is 23.2 Å². The van der Waals surface area contributed by atoms with Gasteiger partial charge in [0.2, 0.25) is 0 Å². The van der Waals surface area contributed by atoms with Crippen molar-refractivity contribution in [3.05, 3.63) is 27.7 Å². The number of halogens is 2. The lowest BCUT2D eigenvalue weighted by atomic mass is 9.75. The zero-order chi connectivity index (χ0) is 14.9. The minimum Gasteiger partial charge on any atom is -0.506 e. The third kappa shape index (κ3) is 3.81. The first-order chi connectivity index (χ1) is 9.28. The molecule has 2 nitrogen and oxygen atoms in total. The fraction of sp³-hybridized carbons (Fsp3) is 0.625. The van der Waals surface area contributed by atoms with Gasteiger partial charge in [-0.05, 0) is 50.3 Å². The van der Waals surface area contributed by atoms with Gasteiger partial charge in [0.25, 0.3) is 0 Å². The van der Waals surface area contributed by atoms with E-state index in [0.29, 0.717) is 28.0 Å². The lowest BCUT2D eigenvalue weighted by molar-refractivity contribution is 0.122. The molecule has 0 bridgehead atoms. The predicted molar refractivity (Wildman–Crippen MR) is 85.6 cm³/mol. The minimum atomic E-state index is 0.152. The fourth-order valence-corrected chi connectivity index (χ4v) is 3.50. The molecule has 1 aromatic rings. The van der Waals surface area contributed by atoms with Gasteiger partial charge in [-0.1, -0.05) is 37.0 Å². The summed E-state index contributed by atoms with van der Waals surface area (Å²) < 4.78 is 0. The van der Waals surface area contributed by atoms with E-state index in [2.05, 4.69) is 25.8 Å². The van der Waals surface area contributed by atoms with Crippen LogP contribution in [0.15, 0.2) is 12.1 Å². The maximum Gasteiger partial charge on any atom is 0.138 e. The van der Waals surface area contributed by atoms with Gasteiger partial charge in [-0.25, -0.2) is 0 Å². The number of hydrogen-bond acceptors (Lipinski definition) is 2. The van der Waals surface area contributed by atoms with Gasteiger partial charge in [-0.15, -0.1) is 0 Å². The highest BCUT2D eigenvalue weighted by Gasteiger charge is 2.29. The van der Waals surface area contributed by atoms with E-state index in [-0.39, 0.29) is 5.75 Å². The second-order valence-corrected chi connectivity index (χ2v) is 7.55. The first-order valence-electron chi connectivity index (χ1n) is 7.16. The largest absolute Gasteiger partial charge is 0.506 e. The van der Waals surface area contributed by atoms with Crippen LogP contribution in [0.4, 0.5) is 0 Å². The van der Waals surface area contributed by atoms with Gasteiger partial charge in [0.15, 0.2) is 0 Å². The minimum absolute atomic E-state index is 0.152. The van der Waals surface area contributed by atoms with Crippen molar-refractivity contribution in [1.82, 2.24) is 4.90 Å². The lowest BCUT2D eigenvalue weighted by Crippen LogP contribution is -2.36. The van der Waals surface area contributed by atoms with E-state index < -0.39 is 0 Å². The Morgan fingerprint density at radius 2 is 1.85 bits per heavy atom. The number of phenolic OH excluding ortho intramolecular Hbond substituents is 1. The second kappa shape index (κ2) is 6.13. The summed E-state index contributed by atoms with van der Waals surface area (Å²) in [5.74, 6) is 0.152. The summed E-state index contributed by atoms with van der Waals surface area (Å²) in [6.07, 6.45) is 4.92. The standard InChI is InChI=1S/C16H23Cl2NO/c1-16(2)6-4-13(5-7-16)19(3)10-11-8-12(17)9-14(18)15(11)20/h8-9,13,20H,4-7,10H2,1-3H3. The molecule has 4 heteroatoms. The zero-order valence-corrected chi connectivity index (χ0v) is 13.9. The van der Waals surface area contributed by atoms with Crippen molar-refractivity contribution < 1.29 is 5.11 Å². The molecule has 0 heterocycles. The Labute approximate surface area is 131 Å². The van der Waals surface area contributed by atoms with Gasteiger partial charge in [-0.2, -0.15) is 0 Å². The Morgan fingerprint density at radius 3 is 2.45 bits per heavy atom. The van der Waals surface area contributed by atoms with Gasteiger partial charge in [-0.3, -0.25) is 4.90 Å². The molecule has 0 radical (unpaired) electrons. The summed E-state index contributed by atoms with van der Waals surface area (Å²) in [7, 11) is 2.11. The Bertz CT molecular complexity index is 478. The smallest absolute Gasteiger partial charge is 0.138 e. The predicted octanol–water partition coefficient (Wildman–Crippen LogP) is 5.10. The van der Waals surface area contributed by atoms with Crippen LogP contribution in [0.25, 0.3) is 0 Å². The van der Waals surface area contributed by atoms with Crippen LogP contribution in [-0.2, 0) is 6.54 Å². The summed E-state index contributed by atoms with van der Waals surface area (Å²) in [6, 6.07) is 3.94. The number of nitrogens with zero attached hydrogens (tertiary/aromatic N) is 1. The van der Waals surface area contributed by atoms with Crippen molar-refractivity contribution in [1.29, 1.82) is 0 Å². The van der Waals surface area contributed by atoms with E-state index in [4.69, 9.17) is 23.2 Å². The van der Waals surface area contributed by atoms with Gasteiger partial charge >= 0.3 is 0 Å². The molecular weight excluding hydrogens is 293 g/mol. The van der Waals surface area contributed by atoms with Gasteiger partial charge in [0.05, 0.1) is 5.02 Å². The number of benzene rings is 1. The summed E-state index contributed by atoms with van der Waals surface area (Å²) in [5.41, 5.74) is 1.27. The highest BCUT2D eigenvalue weighted by atomic mass is 35.5. The molecule has 0 aromatic heterocycles. The lowest BCUT2D eigenvalue weighted by Gasteiger charge is -2.38. The zero-order valence-electron chi connectivity index (χ0n) is 12.4. The van der Waals surface area contributed by atoms with Crippen molar-refractivity contribution in [2.24, 2.45) is 5.41 Å². The molecule has 0 spiro atoms. The molecule has 0 unspecified atom stereocenters. The molecule has 1 aliphatic carbocycles. The van der Waals surface area contributed by atoms with Crippen LogP contribution < -0.4 is 0 Å². The fourth-order valence-electron chi connectivity index (χ4n) is 2.96. The SMILES string of the molecule is CN(Cc1cc(Cl)cc(Cl)c1O)C1CCC(C)(C)CC1. The van der Waals surface area contributed by atoms with Crippen molar-refractivity contribution >= 4 is 23.2 Å². The van der Waals surface area contributed by atoms with Crippen LogP contribution in [0.5, 0.6) is 5.75 Å². The molecule has 1 aliphatic rings. The first kappa shape index (κ1) is 15.9. The highest BCUT2D eigenvalue weighted by Crippen LogP contribution is 2.38. The number of rotatable bonds is 3. The topological polar surface area (TPSA) is 23.5 Å². The molecule has 20 heavy (non-hydrogen) atoms. The Kier molecular flexibility index (Phi) is 4.88. The van der Waals surface area contributed by atoms with E-state index in [9.17, 15) is 5.11 Å². The van der Waals surface area contributed by atoms with E-state index in [1.54, 1.807) is 12.1 Å². The average Bonchev–Trinajstić information content (AvgIpc) is 2.35. The number of aromatic hydroxyl groups is 1. The molecule has 0 aliphatic heterocycles. The van der Waals surface area contributed by atoms with Crippen molar-refractivity contribution in [2.75, 3.05) is 7.05 Å². The maximum absolute atomic E-state index is 10.0. The van der Waals surface area contributed by atoms with Crippen LogP contribution in [0.3, 0.4) is 0 Å². The molecule has 0 amide bonds. The number of hydrogen-bond donors (Lipinski definition) is 1. The monoisotopic (exact) mass is 315 g/mol. The summed E-state index contributed by atoms with van der Waals surface area (Å²) in [4.78, 5) is 2.30. The quantitative estimate of drug-likeness (QED) is 0.838. The van der Waals surface area contributed by atoms with Gasteiger partial charge < -0.3 is 5.11 Å². The Balaban J connectivity index is 2.03. The van der Waals surface area contributed by atoms with E-state index in [0.717, 1.165) is 5.56 Å². The summed E-state index contributed by atoms with van der Waals surface area (Å²) in [5, 5.41) is 10.9. The van der Waals surface area contributed by atoms with Crippen LogP contribution in [-0.4, -0.2) is 23.1 Å². The van der Waals surface area contributed by atoms with E-state index in [1.165, 1.54) is 25.7 Å². The molecular formula is C16H23Cl2NO. The van der Waals surface area contributed by atoms with E-state index in [1.807, 2.05) is 0 Å². The maximum atomic E-state index is 10.0. The highest BCUT2D eigenvalue weighted by molar-refractivity contribution is 6.35. The molecule has 1 saturated carbocycles. The van der Waals surface area contributed by atoms with Gasteiger partial charge in [0, 0.05) is 23.2 Å². The normalized spacial score (nSPS) is 19.5. The molecule has 1 fully saturated rings. The Hall–Kier alpha value is -0.440. The molecule has 1 aromatic carbocycles. The first-order valence-corrected chi connectivity index (χ1v) is 7.91. The van der Waals surface area contributed by atoms with Crippen LogP contribution in [0.2, 0.25) is 10.0 Å². The average molecular weight is 316 g/mol.